The third kappa shape index (κ3) is 3.28. The van der Waals surface area contributed by atoms with E-state index in [0.29, 0.717) is 13.0 Å². The molecule has 6 nitrogen and oxygen atoms in total. The Hall–Kier alpha value is -2.34. The van der Waals surface area contributed by atoms with Gasteiger partial charge in [0.1, 0.15) is 0 Å². The molecular weight excluding hydrogens is 280 g/mol. The van der Waals surface area contributed by atoms with Crippen LogP contribution in [0.2, 0.25) is 0 Å². The third-order valence-corrected chi connectivity index (χ3v) is 3.90. The molecule has 0 radical (unpaired) electrons. The second kappa shape index (κ2) is 6.62. The number of aliphatic hydroxyl groups is 1. The first-order chi connectivity index (χ1) is 10.7. The quantitative estimate of drug-likeness (QED) is 0.727. The maximum atomic E-state index is 12.0. The average Bonchev–Trinajstić information content (AvgIpc) is 3.13. The second-order valence-electron chi connectivity index (χ2n) is 5.47. The van der Waals surface area contributed by atoms with Gasteiger partial charge in [0.2, 0.25) is 0 Å². The van der Waals surface area contributed by atoms with Crippen molar-refractivity contribution in [1.82, 2.24) is 20.4 Å². The zero-order valence-electron chi connectivity index (χ0n) is 12.3. The molecular formula is C16H20N4O2. The fraction of sp³-hybridized carbons (Fsp3) is 0.375. The summed E-state index contributed by atoms with van der Waals surface area (Å²) in [7, 11) is 0. The van der Waals surface area contributed by atoms with E-state index in [0.717, 1.165) is 24.1 Å². The highest BCUT2D eigenvalue weighted by Crippen LogP contribution is 2.30. The van der Waals surface area contributed by atoms with Crippen LogP contribution in [0.3, 0.4) is 0 Å². The largest absolute Gasteiger partial charge is 0.390 e. The number of fused-ring (bicyclic) bond motifs is 1. The zero-order chi connectivity index (χ0) is 15.4. The minimum absolute atomic E-state index is 0.249. The van der Waals surface area contributed by atoms with Crippen LogP contribution in [0.1, 0.15) is 23.6 Å². The van der Waals surface area contributed by atoms with E-state index >= 15 is 0 Å². The monoisotopic (exact) mass is 300 g/mol. The van der Waals surface area contributed by atoms with Crippen LogP contribution in [0.15, 0.2) is 42.7 Å². The van der Waals surface area contributed by atoms with Crippen molar-refractivity contribution in [2.45, 2.75) is 31.5 Å². The van der Waals surface area contributed by atoms with Gasteiger partial charge in [-0.3, -0.25) is 4.68 Å². The summed E-state index contributed by atoms with van der Waals surface area (Å²) < 4.78 is 1.83. The first kappa shape index (κ1) is 14.6. The number of amides is 2. The number of benzene rings is 1. The lowest BCUT2D eigenvalue weighted by atomic mass is 10.1. The Kier molecular flexibility index (Phi) is 4.39. The summed E-state index contributed by atoms with van der Waals surface area (Å²) in [5.41, 5.74) is 2.10. The van der Waals surface area contributed by atoms with E-state index in [1.165, 1.54) is 0 Å². The number of rotatable bonds is 5. The van der Waals surface area contributed by atoms with Gasteiger partial charge in [-0.25, -0.2) is 4.79 Å². The minimum atomic E-state index is -0.563. The van der Waals surface area contributed by atoms with Crippen LogP contribution in [-0.2, 0) is 13.0 Å². The fourth-order valence-electron chi connectivity index (χ4n) is 2.82. The predicted molar refractivity (Wildman–Crippen MR) is 82.3 cm³/mol. The summed E-state index contributed by atoms with van der Waals surface area (Å²) >= 11 is 0. The van der Waals surface area contributed by atoms with Gasteiger partial charge in [0.15, 0.2) is 0 Å². The smallest absolute Gasteiger partial charge is 0.315 e. The number of carbonyl (C=O) groups is 1. The molecule has 2 amide bonds. The van der Waals surface area contributed by atoms with E-state index in [4.69, 9.17) is 0 Å². The normalized spacial score (nSPS) is 19.7. The Balaban J connectivity index is 1.46. The van der Waals surface area contributed by atoms with E-state index in [1.54, 1.807) is 6.20 Å². The Bertz CT molecular complexity index is 627. The zero-order valence-corrected chi connectivity index (χ0v) is 12.3. The Labute approximate surface area is 129 Å². The Morgan fingerprint density at radius 3 is 3.05 bits per heavy atom. The summed E-state index contributed by atoms with van der Waals surface area (Å²) in [6.07, 6.45) is 4.46. The lowest BCUT2D eigenvalue weighted by Gasteiger charge is -2.18. The molecule has 0 unspecified atom stereocenters. The van der Waals surface area contributed by atoms with E-state index in [-0.39, 0.29) is 12.1 Å². The van der Waals surface area contributed by atoms with Crippen LogP contribution in [0, 0.1) is 0 Å². The van der Waals surface area contributed by atoms with E-state index in [1.807, 2.05) is 41.2 Å². The van der Waals surface area contributed by atoms with Gasteiger partial charge in [0, 0.05) is 31.9 Å². The van der Waals surface area contributed by atoms with Crippen molar-refractivity contribution in [2.75, 3.05) is 6.54 Å². The number of aromatic nitrogens is 2. The van der Waals surface area contributed by atoms with E-state index < -0.39 is 6.10 Å². The van der Waals surface area contributed by atoms with E-state index in [2.05, 4.69) is 15.7 Å². The Morgan fingerprint density at radius 2 is 2.23 bits per heavy atom. The van der Waals surface area contributed by atoms with Gasteiger partial charge < -0.3 is 15.7 Å². The predicted octanol–water partition coefficient (Wildman–Crippen LogP) is 1.23. The maximum Gasteiger partial charge on any atom is 0.315 e. The number of nitrogens with zero attached hydrogens (tertiary/aromatic N) is 2. The van der Waals surface area contributed by atoms with Crippen molar-refractivity contribution < 1.29 is 9.90 Å². The maximum absolute atomic E-state index is 12.0. The summed E-state index contributed by atoms with van der Waals surface area (Å²) in [5, 5.41) is 19.9. The van der Waals surface area contributed by atoms with Crippen molar-refractivity contribution in [1.29, 1.82) is 0 Å². The second-order valence-corrected chi connectivity index (χ2v) is 5.47. The van der Waals surface area contributed by atoms with Crippen LogP contribution in [-0.4, -0.2) is 33.6 Å². The number of hydrogen-bond acceptors (Lipinski definition) is 3. The molecule has 3 rings (SSSR count). The summed E-state index contributed by atoms with van der Waals surface area (Å²) in [6, 6.07) is 9.11. The Morgan fingerprint density at radius 1 is 1.36 bits per heavy atom. The third-order valence-electron chi connectivity index (χ3n) is 3.90. The summed E-state index contributed by atoms with van der Waals surface area (Å²) in [5.74, 6) is 0. The summed E-state index contributed by atoms with van der Waals surface area (Å²) in [6.45, 7) is 1.33. The molecule has 0 saturated heterocycles. The molecule has 22 heavy (non-hydrogen) atoms. The molecule has 1 aliphatic carbocycles. The molecule has 0 aliphatic heterocycles. The standard InChI is InChI=1S/C16H20N4O2/c21-14-11-12-5-1-2-6-13(12)15(14)19-16(22)17-7-3-9-20-10-4-8-18-20/h1-2,4-6,8,10,14-15,21H,3,7,9,11H2,(H2,17,19,22)/t14-,15+/m0/s1. The number of urea groups is 1. The number of nitrogens with one attached hydrogen (secondary N) is 2. The number of hydrogen-bond donors (Lipinski definition) is 3. The lowest BCUT2D eigenvalue weighted by molar-refractivity contribution is 0.142. The van der Waals surface area contributed by atoms with E-state index in [9.17, 15) is 9.90 Å². The highest BCUT2D eigenvalue weighted by molar-refractivity contribution is 5.74. The number of carbonyl (C=O) groups excluding carboxylic acids is 1. The van der Waals surface area contributed by atoms with Crippen molar-refractivity contribution >= 4 is 6.03 Å². The SMILES string of the molecule is O=C(NCCCn1cccn1)N[C@@H]1c2ccccc2C[C@@H]1O. The van der Waals surface area contributed by atoms with Gasteiger partial charge >= 0.3 is 6.03 Å². The fourth-order valence-corrected chi connectivity index (χ4v) is 2.82. The van der Waals surface area contributed by atoms with Gasteiger partial charge in [-0.05, 0) is 23.6 Å². The molecule has 1 aromatic heterocycles. The molecule has 0 fully saturated rings. The molecule has 1 aromatic carbocycles. The van der Waals surface area contributed by atoms with Crippen LogP contribution >= 0.6 is 0 Å². The van der Waals surface area contributed by atoms with Gasteiger partial charge in [-0.15, -0.1) is 0 Å². The molecule has 116 valence electrons. The minimum Gasteiger partial charge on any atom is -0.390 e. The molecule has 0 bridgehead atoms. The highest BCUT2D eigenvalue weighted by Gasteiger charge is 2.31. The first-order valence-electron chi connectivity index (χ1n) is 7.52. The molecule has 0 saturated carbocycles. The van der Waals surface area contributed by atoms with Gasteiger partial charge in [-0.1, -0.05) is 24.3 Å². The van der Waals surface area contributed by atoms with Crippen LogP contribution in [0.25, 0.3) is 0 Å². The molecule has 6 heteroatoms. The average molecular weight is 300 g/mol. The molecule has 2 aromatic rings. The van der Waals surface area contributed by atoms with Crippen LogP contribution < -0.4 is 10.6 Å². The molecule has 0 spiro atoms. The lowest BCUT2D eigenvalue weighted by Crippen LogP contribution is -2.41. The number of aliphatic hydroxyl groups excluding tert-OH is 1. The van der Waals surface area contributed by atoms with Gasteiger partial charge in [-0.2, -0.15) is 5.10 Å². The summed E-state index contributed by atoms with van der Waals surface area (Å²) in [4.78, 5) is 12.0. The van der Waals surface area contributed by atoms with Gasteiger partial charge in [0.05, 0.1) is 12.1 Å². The molecule has 2 atom stereocenters. The van der Waals surface area contributed by atoms with Crippen molar-refractivity contribution in [3.63, 3.8) is 0 Å². The van der Waals surface area contributed by atoms with Crippen molar-refractivity contribution in [2.24, 2.45) is 0 Å². The number of aryl methyl sites for hydroxylation is 1. The van der Waals surface area contributed by atoms with Gasteiger partial charge in [0.25, 0.3) is 0 Å². The molecule has 1 heterocycles. The topological polar surface area (TPSA) is 79.2 Å². The first-order valence-corrected chi connectivity index (χ1v) is 7.52. The van der Waals surface area contributed by atoms with Crippen molar-refractivity contribution in [3.8, 4) is 0 Å². The molecule has 3 N–H and O–H groups in total. The highest BCUT2D eigenvalue weighted by atomic mass is 16.3. The van der Waals surface area contributed by atoms with Crippen LogP contribution in [0.5, 0.6) is 0 Å². The molecule has 1 aliphatic rings. The van der Waals surface area contributed by atoms with Crippen LogP contribution in [0.4, 0.5) is 4.79 Å². The van der Waals surface area contributed by atoms with Crippen molar-refractivity contribution in [3.05, 3.63) is 53.9 Å².